The summed E-state index contributed by atoms with van der Waals surface area (Å²) in [6, 6.07) is 0.260. The molecule has 0 bridgehead atoms. The molecule has 0 saturated carbocycles. The fourth-order valence-corrected chi connectivity index (χ4v) is 2.90. The van der Waals surface area contributed by atoms with E-state index in [1.165, 1.54) is 32.4 Å². The summed E-state index contributed by atoms with van der Waals surface area (Å²) in [4.78, 5) is 2.55. The Morgan fingerprint density at radius 3 is 2.61 bits per heavy atom. The first-order valence-corrected chi connectivity index (χ1v) is 7.40. The summed E-state index contributed by atoms with van der Waals surface area (Å²) in [7, 11) is 1.74. The number of hydrogen-bond donors (Lipinski definition) is 1. The lowest BCUT2D eigenvalue weighted by molar-refractivity contribution is 0.172. The van der Waals surface area contributed by atoms with Crippen molar-refractivity contribution in [3.63, 3.8) is 0 Å². The lowest BCUT2D eigenvalue weighted by Crippen LogP contribution is -2.39. The summed E-state index contributed by atoms with van der Waals surface area (Å²) < 4.78 is 5.09. The standard InChI is InChI=1S/C15H32N2O/c1-15(2,3)13-6-5-9-17(10-7-13)12-14(16)8-11-18-4/h13-14H,5-12,16H2,1-4H3. The van der Waals surface area contributed by atoms with E-state index in [4.69, 9.17) is 10.5 Å². The van der Waals surface area contributed by atoms with Gasteiger partial charge in [-0.15, -0.1) is 0 Å². The predicted octanol–water partition coefficient (Wildman–Crippen LogP) is 2.50. The van der Waals surface area contributed by atoms with Crippen LogP contribution in [0.1, 0.15) is 46.5 Å². The maximum atomic E-state index is 6.14. The molecule has 1 rings (SSSR count). The summed E-state index contributed by atoms with van der Waals surface area (Å²) in [6.45, 7) is 11.3. The van der Waals surface area contributed by atoms with E-state index in [0.29, 0.717) is 5.41 Å². The van der Waals surface area contributed by atoms with Gasteiger partial charge < -0.3 is 15.4 Å². The second-order valence-electron chi connectivity index (χ2n) is 6.84. The SMILES string of the molecule is COCCC(N)CN1CCCC(C(C)(C)C)CC1. The zero-order valence-electron chi connectivity index (χ0n) is 12.7. The van der Waals surface area contributed by atoms with Crippen molar-refractivity contribution in [2.45, 2.75) is 52.5 Å². The topological polar surface area (TPSA) is 38.5 Å². The highest BCUT2D eigenvalue weighted by molar-refractivity contribution is 4.80. The van der Waals surface area contributed by atoms with E-state index in [2.05, 4.69) is 25.7 Å². The molecule has 1 aliphatic heterocycles. The summed E-state index contributed by atoms with van der Waals surface area (Å²) >= 11 is 0. The van der Waals surface area contributed by atoms with Crippen LogP contribution in [0.5, 0.6) is 0 Å². The Kier molecular flexibility index (Phi) is 6.61. The van der Waals surface area contributed by atoms with E-state index in [-0.39, 0.29) is 6.04 Å². The van der Waals surface area contributed by atoms with Crippen molar-refractivity contribution >= 4 is 0 Å². The van der Waals surface area contributed by atoms with Crippen molar-refractivity contribution in [2.24, 2.45) is 17.1 Å². The van der Waals surface area contributed by atoms with Gasteiger partial charge in [-0.2, -0.15) is 0 Å². The number of nitrogens with zero attached hydrogens (tertiary/aromatic N) is 1. The van der Waals surface area contributed by atoms with E-state index >= 15 is 0 Å². The summed E-state index contributed by atoms with van der Waals surface area (Å²) in [5.74, 6) is 0.859. The minimum atomic E-state index is 0.260. The van der Waals surface area contributed by atoms with Crippen LogP contribution < -0.4 is 5.73 Å². The number of likely N-dealkylation sites (tertiary alicyclic amines) is 1. The molecule has 3 nitrogen and oxygen atoms in total. The summed E-state index contributed by atoms with van der Waals surface area (Å²) in [5.41, 5.74) is 6.59. The molecule has 0 aromatic carbocycles. The molecule has 2 N–H and O–H groups in total. The van der Waals surface area contributed by atoms with Crippen molar-refractivity contribution in [2.75, 3.05) is 33.4 Å². The van der Waals surface area contributed by atoms with Crippen LogP contribution >= 0.6 is 0 Å². The molecule has 0 spiro atoms. The molecule has 3 heteroatoms. The molecular weight excluding hydrogens is 224 g/mol. The van der Waals surface area contributed by atoms with Crippen LogP contribution in [0.2, 0.25) is 0 Å². The number of methoxy groups -OCH3 is 1. The Morgan fingerprint density at radius 2 is 2.00 bits per heavy atom. The first kappa shape index (κ1) is 15.9. The van der Waals surface area contributed by atoms with Crippen molar-refractivity contribution in [3.8, 4) is 0 Å². The third-order valence-corrected chi connectivity index (χ3v) is 4.23. The first-order chi connectivity index (χ1) is 8.43. The van der Waals surface area contributed by atoms with Crippen LogP contribution in [0.15, 0.2) is 0 Å². The lowest BCUT2D eigenvalue weighted by Gasteiger charge is -2.30. The molecule has 1 fully saturated rings. The highest BCUT2D eigenvalue weighted by Crippen LogP contribution is 2.34. The van der Waals surface area contributed by atoms with E-state index in [0.717, 1.165) is 25.5 Å². The first-order valence-electron chi connectivity index (χ1n) is 7.40. The summed E-state index contributed by atoms with van der Waals surface area (Å²) in [6.07, 6.45) is 4.97. The fourth-order valence-electron chi connectivity index (χ4n) is 2.90. The van der Waals surface area contributed by atoms with Gasteiger partial charge in [-0.3, -0.25) is 0 Å². The van der Waals surface area contributed by atoms with Gasteiger partial charge in [0, 0.05) is 26.3 Å². The van der Waals surface area contributed by atoms with Crippen LogP contribution in [0.4, 0.5) is 0 Å². The molecule has 2 unspecified atom stereocenters. The molecule has 0 aromatic heterocycles. The monoisotopic (exact) mass is 256 g/mol. The second-order valence-corrected chi connectivity index (χ2v) is 6.84. The Balaban J connectivity index is 2.33. The predicted molar refractivity (Wildman–Crippen MR) is 77.7 cm³/mol. The largest absolute Gasteiger partial charge is 0.385 e. The van der Waals surface area contributed by atoms with Gasteiger partial charge in [0.25, 0.3) is 0 Å². The number of nitrogens with two attached hydrogens (primary N) is 1. The molecule has 0 aromatic rings. The van der Waals surface area contributed by atoms with Crippen molar-refractivity contribution in [3.05, 3.63) is 0 Å². The molecule has 1 heterocycles. The van der Waals surface area contributed by atoms with Crippen molar-refractivity contribution in [1.29, 1.82) is 0 Å². The van der Waals surface area contributed by atoms with Gasteiger partial charge in [-0.25, -0.2) is 0 Å². The zero-order valence-corrected chi connectivity index (χ0v) is 12.7. The molecule has 0 amide bonds. The van der Waals surface area contributed by atoms with Crippen molar-refractivity contribution < 1.29 is 4.74 Å². The van der Waals surface area contributed by atoms with E-state index < -0.39 is 0 Å². The normalized spacial score (nSPS) is 24.8. The third kappa shape index (κ3) is 5.68. The Hall–Kier alpha value is -0.120. The number of rotatable bonds is 5. The second kappa shape index (κ2) is 7.46. The van der Waals surface area contributed by atoms with E-state index in [1.54, 1.807) is 7.11 Å². The van der Waals surface area contributed by atoms with Gasteiger partial charge >= 0.3 is 0 Å². The van der Waals surface area contributed by atoms with Crippen LogP contribution in [0.25, 0.3) is 0 Å². The Labute approximate surface area is 113 Å². The maximum Gasteiger partial charge on any atom is 0.0477 e. The molecule has 108 valence electrons. The van der Waals surface area contributed by atoms with Crippen LogP contribution in [-0.4, -0.2) is 44.3 Å². The number of hydrogen-bond acceptors (Lipinski definition) is 3. The highest BCUT2D eigenvalue weighted by atomic mass is 16.5. The van der Waals surface area contributed by atoms with Crippen molar-refractivity contribution in [1.82, 2.24) is 4.90 Å². The maximum absolute atomic E-state index is 6.14. The molecule has 18 heavy (non-hydrogen) atoms. The lowest BCUT2D eigenvalue weighted by atomic mass is 9.77. The smallest absolute Gasteiger partial charge is 0.0477 e. The molecule has 1 saturated heterocycles. The average molecular weight is 256 g/mol. The molecule has 0 aliphatic carbocycles. The van der Waals surface area contributed by atoms with Gasteiger partial charge in [0.05, 0.1) is 0 Å². The minimum absolute atomic E-state index is 0.260. The van der Waals surface area contributed by atoms with Crippen LogP contribution in [-0.2, 0) is 4.74 Å². The molecule has 2 atom stereocenters. The minimum Gasteiger partial charge on any atom is -0.385 e. The fraction of sp³-hybridized carbons (Fsp3) is 1.00. The van der Waals surface area contributed by atoms with Crippen LogP contribution in [0, 0.1) is 11.3 Å². The average Bonchev–Trinajstić information content (AvgIpc) is 2.51. The Bertz CT molecular complexity index is 225. The van der Waals surface area contributed by atoms with Gasteiger partial charge in [0.2, 0.25) is 0 Å². The Morgan fingerprint density at radius 1 is 1.28 bits per heavy atom. The van der Waals surface area contributed by atoms with Gasteiger partial charge in [-0.05, 0) is 50.1 Å². The van der Waals surface area contributed by atoms with Gasteiger partial charge in [0.1, 0.15) is 0 Å². The van der Waals surface area contributed by atoms with Gasteiger partial charge in [0.15, 0.2) is 0 Å². The summed E-state index contributed by atoms with van der Waals surface area (Å²) in [5, 5.41) is 0. The van der Waals surface area contributed by atoms with E-state index in [9.17, 15) is 0 Å². The van der Waals surface area contributed by atoms with Gasteiger partial charge in [-0.1, -0.05) is 20.8 Å². The number of ether oxygens (including phenoxy) is 1. The van der Waals surface area contributed by atoms with Crippen LogP contribution in [0.3, 0.4) is 0 Å². The highest BCUT2D eigenvalue weighted by Gasteiger charge is 2.27. The quantitative estimate of drug-likeness (QED) is 0.821. The third-order valence-electron chi connectivity index (χ3n) is 4.23. The molecular formula is C15H32N2O. The molecule has 1 aliphatic rings. The zero-order chi connectivity index (χ0) is 13.6. The molecule has 0 radical (unpaired) electrons. The van der Waals surface area contributed by atoms with E-state index in [1.807, 2.05) is 0 Å².